The van der Waals surface area contributed by atoms with Crippen LogP contribution in [0, 0.1) is 12.8 Å². The van der Waals surface area contributed by atoms with Gasteiger partial charge in [0.15, 0.2) is 0 Å². The van der Waals surface area contributed by atoms with Crippen LogP contribution in [0.25, 0.3) is 10.9 Å². The number of aliphatic carboxylic acids is 1. The summed E-state index contributed by atoms with van der Waals surface area (Å²) >= 11 is 9.80. The third kappa shape index (κ3) is 3.87. The van der Waals surface area contributed by atoms with Crippen molar-refractivity contribution in [2.45, 2.75) is 38.5 Å². The van der Waals surface area contributed by atoms with E-state index >= 15 is 0 Å². The van der Waals surface area contributed by atoms with Crippen molar-refractivity contribution in [2.75, 3.05) is 7.11 Å². The van der Waals surface area contributed by atoms with Gasteiger partial charge in [0.2, 0.25) is 0 Å². The number of benzene rings is 2. The van der Waals surface area contributed by atoms with Gasteiger partial charge in [-0.15, -0.1) is 0 Å². The maximum atomic E-state index is 13.5. The molecule has 162 valence electrons. The number of aromatic nitrogens is 1. The Kier molecular flexibility index (Phi) is 6.13. The van der Waals surface area contributed by atoms with E-state index in [1.165, 1.54) is 7.11 Å². The van der Waals surface area contributed by atoms with Crippen molar-refractivity contribution in [2.24, 2.45) is 5.92 Å². The minimum absolute atomic E-state index is 0.0414. The Hall–Kier alpha value is -2.31. The molecule has 7 heteroatoms. The number of methoxy groups -OCH3 is 1. The second kappa shape index (κ2) is 8.67. The normalized spacial score (nSPS) is 15.4. The highest BCUT2D eigenvalue weighted by Crippen LogP contribution is 2.44. The molecule has 1 saturated carbocycles. The predicted octanol–water partition coefficient (Wildman–Crippen LogP) is 6.42. The summed E-state index contributed by atoms with van der Waals surface area (Å²) < 4.78 is 7.86. The first-order valence-electron chi connectivity index (χ1n) is 10.2. The van der Waals surface area contributed by atoms with Gasteiger partial charge in [-0.05, 0) is 67.6 Å². The van der Waals surface area contributed by atoms with Crippen molar-refractivity contribution in [3.8, 4) is 5.75 Å². The van der Waals surface area contributed by atoms with Crippen molar-refractivity contribution in [3.05, 3.63) is 62.7 Å². The maximum Gasteiger partial charge on any atom is 0.311 e. The van der Waals surface area contributed by atoms with E-state index in [1.54, 1.807) is 28.8 Å². The molecular formula is C24H23BrClNO4. The van der Waals surface area contributed by atoms with E-state index in [0.717, 1.165) is 30.2 Å². The Morgan fingerprint density at radius 2 is 1.84 bits per heavy atom. The van der Waals surface area contributed by atoms with Gasteiger partial charge >= 0.3 is 5.97 Å². The summed E-state index contributed by atoms with van der Waals surface area (Å²) in [5, 5.41) is 11.3. The minimum atomic E-state index is -0.862. The summed E-state index contributed by atoms with van der Waals surface area (Å²) in [6.07, 6.45) is 3.79. The van der Waals surface area contributed by atoms with E-state index in [2.05, 4.69) is 15.9 Å². The third-order valence-electron chi connectivity index (χ3n) is 6.27. The van der Waals surface area contributed by atoms with Crippen LogP contribution in [0.5, 0.6) is 5.75 Å². The van der Waals surface area contributed by atoms with Crippen molar-refractivity contribution in [3.63, 3.8) is 0 Å². The van der Waals surface area contributed by atoms with Gasteiger partial charge in [-0.2, -0.15) is 0 Å². The summed E-state index contributed by atoms with van der Waals surface area (Å²) in [5.74, 6) is -1.27. The summed E-state index contributed by atoms with van der Waals surface area (Å²) in [7, 11) is 1.52. The molecule has 2 aromatic carbocycles. The molecule has 1 heterocycles. The lowest BCUT2D eigenvalue weighted by Gasteiger charge is -2.20. The molecule has 4 rings (SSSR count). The first-order chi connectivity index (χ1) is 14.8. The quantitative estimate of drug-likeness (QED) is 0.435. The van der Waals surface area contributed by atoms with Crippen LogP contribution in [0.1, 0.15) is 53.2 Å². The highest BCUT2D eigenvalue weighted by atomic mass is 79.9. The molecule has 1 aliphatic rings. The van der Waals surface area contributed by atoms with E-state index < -0.39 is 11.9 Å². The first-order valence-corrected chi connectivity index (χ1v) is 11.4. The van der Waals surface area contributed by atoms with Crippen LogP contribution in [-0.2, 0) is 4.79 Å². The van der Waals surface area contributed by atoms with Crippen LogP contribution in [-0.4, -0.2) is 28.7 Å². The fourth-order valence-electron chi connectivity index (χ4n) is 4.82. The first kappa shape index (κ1) is 21.9. The Labute approximate surface area is 194 Å². The Morgan fingerprint density at radius 3 is 2.42 bits per heavy atom. The predicted molar refractivity (Wildman–Crippen MR) is 124 cm³/mol. The van der Waals surface area contributed by atoms with E-state index in [0.29, 0.717) is 38.5 Å². The van der Waals surface area contributed by atoms with E-state index in [9.17, 15) is 14.7 Å². The molecular weight excluding hydrogens is 482 g/mol. The molecule has 3 aromatic rings. The lowest BCUT2D eigenvalue weighted by atomic mass is 9.83. The Balaban J connectivity index is 1.99. The minimum Gasteiger partial charge on any atom is -0.495 e. The number of halogens is 2. The third-order valence-corrected chi connectivity index (χ3v) is 7.09. The average molecular weight is 505 g/mol. The van der Waals surface area contributed by atoms with Gasteiger partial charge in [0.1, 0.15) is 5.75 Å². The number of nitrogens with zero attached hydrogens (tertiary/aromatic N) is 1. The SMILES string of the molecule is COc1cc2c(C(C(=O)O)C3CCCC3)c(C)n(C(=O)c3ccc(Br)cc3)c2cc1Cl. The van der Waals surface area contributed by atoms with Crippen LogP contribution < -0.4 is 4.74 Å². The molecule has 1 atom stereocenters. The molecule has 5 nitrogen and oxygen atoms in total. The summed E-state index contributed by atoms with van der Waals surface area (Å²) in [4.78, 5) is 25.9. The molecule has 1 aliphatic carbocycles. The number of carbonyl (C=O) groups is 2. The van der Waals surface area contributed by atoms with Crippen molar-refractivity contribution in [1.29, 1.82) is 0 Å². The number of hydrogen-bond acceptors (Lipinski definition) is 3. The van der Waals surface area contributed by atoms with Gasteiger partial charge in [0.25, 0.3) is 5.91 Å². The Morgan fingerprint density at radius 1 is 1.19 bits per heavy atom. The van der Waals surface area contributed by atoms with Crippen LogP contribution in [0.2, 0.25) is 5.02 Å². The average Bonchev–Trinajstić information content (AvgIpc) is 3.35. The smallest absolute Gasteiger partial charge is 0.311 e. The number of ether oxygens (including phenoxy) is 1. The van der Waals surface area contributed by atoms with E-state index in [4.69, 9.17) is 16.3 Å². The molecule has 0 radical (unpaired) electrons. The zero-order valence-electron chi connectivity index (χ0n) is 17.3. The van der Waals surface area contributed by atoms with Gasteiger partial charge in [-0.3, -0.25) is 14.2 Å². The molecule has 31 heavy (non-hydrogen) atoms. The highest BCUT2D eigenvalue weighted by molar-refractivity contribution is 9.10. The van der Waals surface area contributed by atoms with Gasteiger partial charge in [-0.1, -0.05) is 40.4 Å². The molecule has 1 aromatic heterocycles. The van der Waals surface area contributed by atoms with Gasteiger partial charge in [-0.25, -0.2) is 0 Å². The molecule has 0 aliphatic heterocycles. The fourth-order valence-corrected chi connectivity index (χ4v) is 5.32. The molecule has 0 amide bonds. The number of carboxylic acid groups (broad SMARTS) is 1. The zero-order valence-corrected chi connectivity index (χ0v) is 19.7. The second-order valence-corrected chi connectivity index (χ2v) is 9.33. The van der Waals surface area contributed by atoms with Gasteiger partial charge in [0, 0.05) is 21.1 Å². The number of carbonyl (C=O) groups excluding carboxylic acids is 1. The summed E-state index contributed by atoms with van der Waals surface area (Å²) in [6.45, 7) is 1.82. The molecule has 0 bridgehead atoms. The fraction of sp³-hybridized carbons (Fsp3) is 0.333. The topological polar surface area (TPSA) is 68.5 Å². The number of hydrogen-bond donors (Lipinski definition) is 1. The number of carboxylic acids is 1. The van der Waals surface area contributed by atoms with Crippen LogP contribution >= 0.6 is 27.5 Å². The standard InChI is InChI=1S/C24H23BrClNO4/c1-13-21(22(24(29)30)14-5-3-4-6-14)17-11-20(31-2)18(26)12-19(17)27(13)23(28)15-7-9-16(25)10-8-15/h7-12,14,22H,3-6H2,1-2H3,(H,29,30). The summed E-state index contributed by atoms with van der Waals surface area (Å²) in [5.41, 5.74) is 2.41. The monoisotopic (exact) mass is 503 g/mol. The largest absolute Gasteiger partial charge is 0.495 e. The second-order valence-electron chi connectivity index (χ2n) is 8.01. The van der Waals surface area contributed by atoms with Crippen molar-refractivity contribution in [1.82, 2.24) is 4.57 Å². The number of fused-ring (bicyclic) bond motifs is 1. The zero-order chi connectivity index (χ0) is 22.3. The van der Waals surface area contributed by atoms with Crippen LogP contribution in [0.3, 0.4) is 0 Å². The highest BCUT2D eigenvalue weighted by Gasteiger charge is 2.36. The van der Waals surface area contributed by atoms with Crippen LogP contribution in [0.15, 0.2) is 40.9 Å². The maximum absolute atomic E-state index is 13.5. The lowest BCUT2D eigenvalue weighted by molar-refractivity contribution is -0.140. The van der Waals surface area contributed by atoms with Crippen molar-refractivity contribution >= 4 is 50.3 Å². The Bertz CT molecular complexity index is 1160. The summed E-state index contributed by atoms with van der Waals surface area (Å²) in [6, 6.07) is 10.6. The lowest BCUT2D eigenvalue weighted by Crippen LogP contribution is -2.21. The molecule has 0 saturated heterocycles. The van der Waals surface area contributed by atoms with E-state index in [1.807, 2.05) is 19.1 Å². The molecule has 1 unspecified atom stereocenters. The van der Waals surface area contributed by atoms with E-state index in [-0.39, 0.29) is 11.8 Å². The molecule has 1 N–H and O–H groups in total. The van der Waals surface area contributed by atoms with Gasteiger partial charge in [0.05, 0.1) is 23.6 Å². The van der Waals surface area contributed by atoms with Gasteiger partial charge < -0.3 is 9.84 Å². The van der Waals surface area contributed by atoms with Crippen molar-refractivity contribution < 1.29 is 19.4 Å². The number of rotatable bonds is 5. The molecule has 1 fully saturated rings. The molecule has 0 spiro atoms. The van der Waals surface area contributed by atoms with Crippen LogP contribution in [0.4, 0.5) is 0 Å².